The van der Waals surface area contributed by atoms with Gasteiger partial charge in [0.25, 0.3) is 0 Å². The van der Waals surface area contributed by atoms with Gasteiger partial charge in [0.05, 0.1) is 12.2 Å². The Morgan fingerprint density at radius 3 is 2.63 bits per heavy atom. The van der Waals surface area contributed by atoms with Gasteiger partial charge in [-0.05, 0) is 32.0 Å². The van der Waals surface area contributed by atoms with Crippen molar-refractivity contribution in [1.82, 2.24) is 9.88 Å². The normalized spacial score (nSPS) is 11.9. The Hall–Kier alpha value is -1.30. The van der Waals surface area contributed by atoms with E-state index in [1.54, 1.807) is 18.3 Å². The lowest BCUT2D eigenvalue weighted by atomic mass is 10.2. The molecule has 0 aliphatic heterocycles. The number of nitrogens with zero attached hydrogens (tertiary/aromatic N) is 2. The maximum Gasteiger partial charge on any atom is 0.401 e. The summed E-state index contributed by atoms with van der Waals surface area (Å²) in [5, 5.41) is 3.12. The van der Waals surface area contributed by atoms with Gasteiger partial charge < -0.3 is 5.32 Å². The minimum absolute atomic E-state index is 0.215. The maximum atomic E-state index is 12.5. The molecular weight excluding hydrogens is 255 g/mol. The van der Waals surface area contributed by atoms with Crippen molar-refractivity contribution in [3.05, 3.63) is 24.0 Å². The summed E-state index contributed by atoms with van der Waals surface area (Å²) in [6.45, 7) is 4.33. The number of hydrogen-bond acceptors (Lipinski definition) is 3. The molecule has 0 spiro atoms. The number of aromatic nitrogens is 1. The van der Waals surface area contributed by atoms with Gasteiger partial charge in [-0.3, -0.25) is 9.88 Å². The van der Waals surface area contributed by atoms with E-state index in [0.29, 0.717) is 18.7 Å². The van der Waals surface area contributed by atoms with Crippen molar-refractivity contribution in [1.29, 1.82) is 0 Å². The molecule has 108 valence electrons. The quantitative estimate of drug-likeness (QED) is 0.827. The predicted octanol–water partition coefficient (Wildman–Crippen LogP) is 3.29. The van der Waals surface area contributed by atoms with Crippen LogP contribution in [-0.2, 0) is 6.54 Å². The first kappa shape index (κ1) is 15.8. The molecular formula is C13H20F3N3. The highest BCUT2D eigenvalue weighted by molar-refractivity contribution is 5.42. The van der Waals surface area contributed by atoms with E-state index in [4.69, 9.17) is 0 Å². The number of rotatable bonds is 7. The minimum Gasteiger partial charge on any atom is -0.385 e. The molecule has 0 unspecified atom stereocenters. The fourth-order valence-corrected chi connectivity index (χ4v) is 1.89. The third-order valence-electron chi connectivity index (χ3n) is 2.53. The molecule has 0 saturated carbocycles. The first-order valence-corrected chi connectivity index (χ1v) is 6.42. The molecule has 0 aliphatic rings. The summed E-state index contributed by atoms with van der Waals surface area (Å²) in [6, 6.07) is 3.60. The van der Waals surface area contributed by atoms with Gasteiger partial charge >= 0.3 is 6.18 Å². The van der Waals surface area contributed by atoms with Crippen LogP contribution in [0.3, 0.4) is 0 Å². The molecule has 0 fully saturated rings. The fraction of sp³-hybridized carbons (Fsp3) is 0.615. The van der Waals surface area contributed by atoms with Crippen LogP contribution in [0.1, 0.15) is 26.0 Å². The molecule has 1 N–H and O–H groups in total. The molecule has 0 aromatic carbocycles. The van der Waals surface area contributed by atoms with E-state index in [9.17, 15) is 13.2 Å². The van der Waals surface area contributed by atoms with E-state index in [0.717, 1.165) is 12.2 Å². The van der Waals surface area contributed by atoms with Crippen LogP contribution >= 0.6 is 0 Å². The Morgan fingerprint density at radius 1 is 1.32 bits per heavy atom. The third-order valence-corrected chi connectivity index (χ3v) is 2.53. The van der Waals surface area contributed by atoms with Gasteiger partial charge in [0.1, 0.15) is 0 Å². The van der Waals surface area contributed by atoms with Crippen molar-refractivity contribution >= 4 is 5.69 Å². The molecule has 0 aliphatic carbocycles. The van der Waals surface area contributed by atoms with Crippen molar-refractivity contribution in [2.75, 3.05) is 25.0 Å². The average molecular weight is 275 g/mol. The highest BCUT2D eigenvalue weighted by atomic mass is 19.4. The van der Waals surface area contributed by atoms with E-state index < -0.39 is 12.7 Å². The van der Waals surface area contributed by atoms with Crippen LogP contribution in [0.2, 0.25) is 0 Å². The van der Waals surface area contributed by atoms with Gasteiger partial charge in [-0.25, -0.2) is 0 Å². The second-order valence-corrected chi connectivity index (χ2v) is 4.39. The summed E-state index contributed by atoms with van der Waals surface area (Å²) >= 11 is 0. The fourth-order valence-electron chi connectivity index (χ4n) is 1.89. The summed E-state index contributed by atoms with van der Waals surface area (Å²) in [6.07, 6.45) is -1.87. The van der Waals surface area contributed by atoms with Gasteiger partial charge in [0.2, 0.25) is 0 Å². The zero-order chi connectivity index (χ0) is 14.3. The van der Waals surface area contributed by atoms with Gasteiger partial charge in [-0.15, -0.1) is 0 Å². The second kappa shape index (κ2) is 7.33. The first-order chi connectivity index (χ1) is 8.94. The lowest BCUT2D eigenvalue weighted by Gasteiger charge is -2.22. The highest BCUT2D eigenvalue weighted by Crippen LogP contribution is 2.18. The summed E-state index contributed by atoms with van der Waals surface area (Å²) in [4.78, 5) is 5.50. The molecule has 1 aromatic rings. The second-order valence-electron chi connectivity index (χ2n) is 4.39. The Kier molecular flexibility index (Phi) is 6.08. The Balaban J connectivity index is 2.69. The number of pyridine rings is 1. The predicted molar refractivity (Wildman–Crippen MR) is 70.0 cm³/mol. The maximum absolute atomic E-state index is 12.5. The molecule has 6 heteroatoms. The molecule has 19 heavy (non-hydrogen) atoms. The van der Waals surface area contributed by atoms with Crippen molar-refractivity contribution in [2.45, 2.75) is 33.0 Å². The lowest BCUT2D eigenvalue weighted by Crippen LogP contribution is -2.34. The smallest absolute Gasteiger partial charge is 0.385 e. The van der Waals surface area contributed by atoms with Crippen molar-refractivity contribution < 1.29 is 13.2 Å². The van der Waals surface area contributed by atoms with Crippen LogP contribution in [0.25, 0.3) is 0 Å². The summed E-state index contributed by atoms with van der Waals surface area (Å²) in [7, 11) is 0. The number of nitrogens with one attached hydrogen (secondary N) is 1. The summed E-state index contributed by atoms with van der Waals surface area (Å²) in [5.41, 5.74) is 1.53. The Bertz CT molecular complexity index is 380. The first-order valence-electron chi connectivity index (χ1n) is 6.42. The van der Waals surface area contributed by atoms with Crippen LogP contribution in [0.5, 0.6) is 0 Å². The van der Waals surface area contributed by atoms with E-state index in [-0.39, 0.29) is 6.54 Å². The standard InChI is InChI=1S/C13H20F3N3/c1-3-7-19(10-13(14,15)16)9-12-8-11(17-4-2)5-6-18-12/h5-6,8H,3-4,7,9-10H2,1-2H3,(H,17,18). The number of alkyl halides is 3. The van der Waals surface area contributed by atoms with Gasteiger partial charge in [-0.1, -0.05) is 6.92 Å². The molecule has 0 radical (unpaired) electrons. The molecule has 0 saturated heterocycles. The molecule has 0 bridgehead atoms. The minimum atomic E-state index is -4.17. The summed E-state index contributed by atoms with van der Waals surface area (Å²) < 4.78 is 37.4. The topological polar surface area (TPSA) is 28.2 Å². The highest BCUT2D eigenvalue weighted by Gasteiger charge is 2.30. The molecule has 1 rings (SSSR count). The molecule has 3 nitrogen and oxygen atoms in total. The largest absolute Gasteiger partial charge is 0.401 e. The SMILES string of the molecule is CCCN(Cc1cc(NCC)ccn1)CC(F)(F)F. The average Bonchev–Trinajstić information content (AvgIpc) is 2.28. The zero-order valence-electron chi connectivity index (χ0n) is 11.3. The van der Waals surface area contributed by atoms with Crippen LogP contribution in [0.15, 0.2) is 18.3 Å². The van der Waals surface area contributed by atoms with E-state index in [1.165, 1.54) is 4.90 Å². The molecule has 1 aromatic heterocycles. The molecule has 0 atom stereocenters. The monoisotopic (exact) mass is 275 g/mol. The Labute approximate surface area is 111 Å². The number of anilines is 1. The van der Waals surface area contributed by atoms with E-state index in [2.05, 4.69) is 10.3 Å². The molecule has 1 heterocycles. The lowest BCUT2D eigenvalue weighted by molar-refractivity contribution is -0.147. The zero-order valence-corrected chi connectivity index (χ0v) is 11.3. The molecule has 0 amide bonds. The van der Waals surface area contributed by atoms with Crippen molar-refractivity contribution in [3.63, 3.8) is 0 Å². The van der Waals surface area contributed by atoms with Crippen LogP contribution in [-0.4, -0.2) is 35.7 Å². The van der Waals surface area contributed by atoms with Crippen LogP contribution in [0.4, 0.5) is 18.9 Å². The van der Waals surface area contributed by atoms with Crippen molar-refractivity contribution in [2.24, 2.45) is 0 Å². The number of hydrogen-bond donors (Lipinski definition) is 1. The van der Waals surface area contributed by atoms with Crippen LogP contribution < -0.4 is 5.32 Å². The van der Waals surface area contributed by atoms with Crippen LogP contribution in [0, 0.1) is 0 Å². The third kappa shape index (κ3) is 6.42. The van der Waals surface area contributed by atoms with Gasteiger partial charge in [0.15, 0.2) is 0 Å². The number of halogens is 3. The van der Waals surface area contributed by atoms with E-state index in [1.807, 2.05) is 13.8 Å². The van der Waals surface area contributed by atoms with Gasteiger partial charge in [-0.2, -0.15) is 13.2 Å². The van der Waals surface area contributed by atoms with Crippen molar-refractivity contribution in [3.8, 4) is 0 Å². The van der Waals surface area contributed by atoms with Gasteiger partial charge in [0, 0.05) is 25.0 Å². The van der Waals surface area contributed by atoms with E-state index >= 15 is 0 Å². The Morgan fingerprint density at radius 2 is 2.05 bits per heavy atom. The summed E-state index contributed by atoms with van der Waals surface area (Å²) in [5.74, 6) is 0.